The van der Waals surface area contributed by atoms with Crippen molar-refractivity contribution in [2.75, 3.05) is 26.2 Å². The highest BCUT2D eigenvalue weighted by Crippen LogP contribution is 2.32. The summed E-state index contributed by atoms with van der Waals surface area (Å²) in [4.78, 5) is 18.2. The maximum absolute atomic E-state index is 13.7. The predicted molar refractivity (Wildman–Crippen MR) is 173 cm³/mol. The second kappa shape index (κ2) is 14.0. The van der Waals surface area contributed by atoms with E-state index in [0.717, 1.165) is 37.5 Å². The number of carbonyl (C=O) groups excluding carboxylic acids is 1. The highest BCUT2D eigenvalue weighted by atomic mass is 16.5. The van der Waals surface area contributed by atoms with E-state index in [1.165, 1.54) is 22.3 Å². The molecule has 1 heterocycles. The van der Waals surface area contributed by atoms with E-state index in [2.05, 4.69) is 125 Å². The Morgan fingerprint density at radius 2 is 1.02 bits per heavy atom. The van der Waals surface area contributed by atoms with E-state index >= 15 is 0 Å². The molecule has 0 spiro atoms. The lowest BCUT2D eigenvalue weighted by atomic mass is 9.88. The fourth-order valence-electron chi connectivity index (χ4n) is 6.07. The van der Waals surface area contributed by atoms with Crippen molar-refractivity contribution in [3.8, 4) is 5.75 Å². The third kappa shape index (κ3) is 7.22. The Hall–Kier alpha value is -4.67. The molecule has 1 atom stereocenters. The molecular formula is C39H38N2O2. The minimum Gasteiger partial charge on any atom is -0.489 e. The van der Waals surface area contributed by atoms with Crippen molar-refractivity contribution in [3.63, 3.8) is 0 Å². The zero-order valence-corrected chi connectivity index (χ0v) is 24.5. The zero-order chi connectivity index (χ0) is 29.3. The molecule has 0 N–H and O–H groups in total. The van der Waals surface area contributed by atoms with Crippen molar-refractivity contribution < 1.29 is 9.53 Å². The largest absolute Gasteiger partial charge is 0.489 e. The van der Waals surface area contributed by atoms with Crippen LogP contribution in [-0.4, -0.2) is 41.9 Å². The molecule has 1 aliphatic heterocycles. The number of nitrogens with zero attached hydrogens (tertiary/aromatic N) is 2. The second-order valence-corrected chi connectivity index (χ2v) is 11.2. The van der Waals surface area contributed by atoms with Crippen molar-refractivity contribution in [1.82, 2.24) is 9.80 Å². The van der Waals surface area contributed by atoms with Gasteiger partial charge in [-0.3, -0.25) is 9.69 Å². The Morgan fingerprint density at radius 1 is 0.558 bits per heavy atom. The Kier molecular flexibility index (Phi) is 9.26. The van der Waals surface area contributed by atoms with Crippen molar-refractivity contribution >= 4 is 5.91 Å². The molecule has 0 saturated carbocycles. The molecule has 6 rings (SSSR count). The van der Waals surface area contributed by atoms with Crippen molar-refractivity contribution in [1.29, 1.82) is 0 Å². The third-order valence-corrected chi connectivity index (χ3v) is 8.37. The van der Waals surface area contributed by atoms with E-state index in [9.17, 15) is 4.79 Å². The van der Waals surface area contributed by atoms with Crippen LogP contribution in [0.1, 0.15) is 46.2 Å². The fourth-order valence-corrected chi connectivity index (χ4v) is 6.07. The number of ether oxygens (including phenoxy) is 1. The first kappa shape index (κ1) is 28.4. The normalized spacial score (nSPS) is 14.4. The van der Waals surface area contributed by atoms with Crippen molar-refractivity contribution in [2.24, 2.45) is 0 Å². The Bertz CT molecular complexity index is 1510. The van der Waals surface area contributed by atoms with E-state index in [4.69, 9.17) is 4.74 Å². The van der Waals surface area contributed by atoms with Gasteiger partial charge in [0.1, 0.15) is 12.4 Å². The lowest BCUT2D eigenvalue weighted by Crippen LogP contribution is -2.50. The average Bonchev–Trinajstić information content (AvgIpc) is 3.09. The number of amides is 1. The molecule has 0 aliphatic carbocycles. The Labute approximate surface area is 255 Å². The van der Waals surface area contributed by atoms with Gasteiger partial charge in [0.15, 0.2) is 0 Å². The predicted octanol–water partition coefficient (Wildman–Crippen LogP) is 7.72. The van der Waals surface area contributed by atoms with Gasteiger partial charge in [0.2, 0.25) is 5.91 Å². The summed E-state index contributed by atoms with van der Waals surface area (Å²) < 4.78 is 6.06. The van der Waals surface area contributed by atoms with Crippen LogP contribution < -0.4 is 4.74 Å². The molecule has 0 bridgehead atoms. The number of carbonyl (C=O) groups is 1. The van der Waals surface area contributed by atoms with Crippen LogP contribution >= 0.6 is 0 Å². The second-order valence-electron chi connectivity index (χ2n) is 11.2. The van der Waals surface area contributed by atoms with Gasteiger partial charge in [-0.1, -0.05) is 133 Å². The first-order valence-corrected chi connectivity index (χ1v) is 15.2. The highest BCUT2D eigenvalue weighted by Gasteiger charge is 2.29. The van der Waals surface area contributed by atoms with Gasteiger partial charge in [-0.2, -0.15) is 0 Å². The van der Waals surface area contributed by atoms with Gasteiger partial charge in [0.25, 0.3) is 0 Å². The molecule has 4 heteroatoms. The number of rotatable bonds is 10. The Morgan fingerprint density at radius 3 is 1.56 bits per heavy atom. The number of piperazine rings is 1. The van der Waals surface area contributed by atoms with Gasteiger partial charge < -0.3 is 9.64 Å². The summed E-state index contributed by atoms with van der Waals surface area (Å²) >= 11 is 0. The van der Waals surface area contributed by atoms with E-state index in [1.807, 2.05) is 30.3 Å². The van der Waals surface area contributed by atoms with Crippen LogP contribution in [0, 0.1) is 0 Å². The first-order chi connectivity index (χ1) is 21.2. The summed E-state index contributed by atoms with van der Waals surface area (Å²) in [5, 5.41) is 0. The van der Waals surface area contributed by atoms with Crippen molar-refractivity contribution in [2.45, 2.75) is 25.0 Å². The van der Waals surface area contributed by atoms with Gasteiger partial charge >= 0.3 is 0 Å². The van der Waals surface area contributed by atoms with Gasteiger partial charge in [-0.05, 0) is 39.9 Å². The molecule has 5 aromatic rings. The van der Waals surface area contributed by atoms with Crippen LogP contribution in [0.15, 0.2) is 146 Å². The average molecular weight is 567 g/mol. The van der Waals surface area contributed by atoms with E-state index in [0.29, 0.717) is 13.0 Å². The lowest BCUT2D eigenvalue weighted by molar-refractivity contribution is -0.133. The van der Waals surface area contributed by atoms with E-state index in [-0.39, 0.29) is 17.9 Å². The summed E-state index contributed by atoms with van der Waals surface area (Å²) in [6, 6.07) is 50.3. The highest BCUT2D eigenvalue weighted by molar-refractivity contribution is 5.78. The van der Waals surface area contributed by atoms with Gasteiger partial charge in [-0.15, -0.1) is 0 Å². The molecule has 216 valence electrons. The summed E-state index contributed by atoms with van der Waals surface area (Å²) in [5.41, 5.74) is 6.00. The molecule has 1 unspecified atom stereocenters. The smallest absolute Gasteiger partial charge is 0.223 e. The van der Waals surface area contributed by atoms with Crippen LogP contribution in [0.25, 0.3) is 0 Å². The van der Waals surface area contributed by atoms with Crippen molar-refractivity contribution in [3.05, 3.63) is 173 Å². The molecule has 5 aromatic carbocycles. The molecule has 1 fully saturated rings. The Balaban J connectivity index is 1.13. The monoisotopic (exact) mass is 566 g/mol. The maximum atomic E-state index is 13.7. The maximum Gasteiger partial charge on any atom is 0.223 e. The van der Waals surface area contributed by atoms with Crippen LogP contribution in [0.5, 0.6) is 5.75 Å². The number of hydrogen-bond donors (Lipinski definition) is 0. The molecule has 1 amide bonds. The summed E-state index contributed by atoms with van der Waals surface area (Å²) in [7, 11) is 0. The SMILES string of the molecule is O=C(CC(c1ccccc1)c1ccccc1)N1CCN(C(c2ccccc2)c2ccc(OCc3ccccc3)cc2)CC1. The summed E-state index contributed by atoms with van der Waals surface area (Å²) in [6.07, 6.45) is 0.473. The topological polar surface area (TPSA) is 32.8 Å². The molecule has 4 nitrogen and oxygen atoms in total. The standard InChI is InChI=1S/C39H38N2O2/c42-38(29-37(32-15-7-2-8-16-32)33-17-9-3-10-18-33)40-25-27-41(28-26-40)39(34-19-11-4-12-20-34)35-21-23-36(24-22-35)43-30-31-13-5-1-6-14-31/h1-24,37,39H,25-30H2. The first-order valence-electron chi connectivity index (χ1n) is 15.2. The summed E-state index contributed by atoms with van der Waals surface area (Å²) in [6.45, 7) is 3.62. The molecular weight excluding hydrogens is 528 g/mol. The minimum atomic E-state index is 0.0487. The molecule has 0 aromatic heterocycles. The number of benzene rings is 5. The third-order valence-electron chi connectivity index (χ3n) is 8.37. The molecule has 0 radical (unpaired) electrons. The molecule has 1 aliphatic rings. The molecule has 43 heavy (non-hydrogen) atoms. The lowest BCUT2D eigenvalue weighted by Gasteiger charge is -2.40. The number of hydrogen-bond acceptors (Lipinski definition) is 3. The van der Waals surface area contributed by atoms with Crippen LogP contribution in [0.2, 0.25) is 0 Å². The summed E-state index contributed by atoms with van der Waals surface area (Å²) in [5.74, 6) is 1.13. The zero-order valence-electron chi connectivity index (χ0n) is 24.5. The quantitative estimate of drug-likeness (QED) is 0.174. The fraction of sp³-hybridized carbons (Fsp3) is 0.205. The van der Waals surface area contributed by atoms with E-state index < -0.39 is 0 Å². The minimum absolute atomic E-state index is 0.0487. The molecule has 1 saturated heterocycles. The van der Waals surface area contributed by atoms with Gasteiger partial charge in [0.05, 0.1) is 6.04 Å². The van der Waals surface area contributed by atoms with Crippen LogP contribution in [-0.2, 0) is 11.4 Å². The van der Waals surface area contributed by atoms with Gasteiger partial charge in [0, 0.05) is 38.5 Å². The van der Waals surface area contributed by atoms with E-state index in [1.54, 1.807) is 0 Å². The van der Waals surface area contributed by atoms with Crippen LogP contribution in [0.4, 0.5) is 0 Å². The van der Waals surface area contributed by atoms with Crippen LogP contribution in [0.3, 0.4) is 0 Å². The van der Waals surface area contributed by atoms with Gasteiger partial charge in [-0.25, -0.2) is 0 Å².